The zero-order valence-electron chi connectivity index (χ0n) is 10.5. The predicted molar refractivity (Wildman–Crippen MR) is 67.0 cm³/mol. The first-order chi connectivity index (χ1) is 7.78. The largest absolute Gasteiger partial charge is 0.444 e. The van der Waals surface area contributed by atoms with Crippen molar-refractivity contribution < 1.29 is 9.53 Å². The maximum atomic E-state index is 11.5. The van der Waals surface area contributed by atoms with Crippen LogP contribution in [0.4, 0.5) is 4.79 Å². The molecule has 4 nitrogen and oxygen atoms in total. The topological polar surface area (TPSA) is 51.2 Å². The summed E-state index contributed by atoms with van der Waals surface area (Å²) < 4.78 is 5.16. The zero-order valence-corrected chi connectivity index (χ0v) is 11.2. The number of pyridine rings is 1. The number of ether oxygens (including phenoxy) is 1. The number of aromatic nitrogens is 1. The average Bonchev–Trinajstić information content (AvgIpc) is 2.14. The second-order valence-electron chi connectivity index (χ2n) is 4.78. The van der Waals surface area contributed by atoms with Crippen molar-refractivity contribution in [3.8, 4) is 0 Å². The second kappa shape index (κ2) is 5.36. The van der Waals surface area contributed by atoms with Gasteiger partial charge in [-0.05, 0) is 45.4 Å². The van der Waals surface area contributed by atoms with Crippen LogP contribution in [0.2, 0.25) is 5.15 Å². The van der Waals surface area contributed by atoms with E-state index in [-0.39, 0.29) is 6.04 Å². The monoisotopic (exact) mass is 256 g/mol. The van der Waals surface area contributed by atoms with Crippen LogP contribution in [0.25, 0.3) is 0 Å². The summed E-state index contributed by atoms with van der Waals surface area (Å²) >= 11 is 5.78. The first-order valence-corrected chi connectivity index (χ1v) is 5.77. The van der Waals surface area contributed by atoms with Crippen LogP contribution in [0.5, 0.6) is 0 Å². The molecule has 0 saturated carbocycles. The molecule has 1 N–H and O–H groups in total. The van der Waals surface area contributed by atoms with E-state index in [2.05, 4.69) is 10.3 Å². The third-order valence-electron chi connectivity index (χ3n) is 1.98. The molecule has 0 aromatic carbocycles. The van der Waals surface area contributed by atoms with E-state index in [1.807, 2.05) is 27.7 Å². The third kappa shape index (κ3) is 5.04. The molecule has 1 aromatic rings. The number of alkyl carbamates (subject to hydrolysis) is 1. The maximum absolute atomic E-state index is 11.5. The van der Waals surface area contributed by atoms with Gasteiger partial charge in [0.15, 0.2) is 0 Å². The number of nitrogens with zero attached hydrogens (tertiary/aromatic N) is 1. The zero-order chi connectivity index (χ0) is 13.1. The number of hydrogen-bond donors (Lipinski definition) is 1. The van der Waals surface area contributed by atoms with E-state index in [0.717, 1.165) is 5.56 Å². The summed E-state index contributed by atoms with van der Waals surface area (Å²) in [5, 5.41) is 3.14. The van der Waals surface area contributed by atoms with Gasteiger partial charge in [0, 0.05) is 6.20 Å². The lowest BCUT2D eigenvalue weighted by Crippen LogP contribution is -2.34. The lowest BCUT2D eigenvalue weighted by Gasteiger charge is -2.22. The fraction of sp³-hybridized carbons (Fsp3) is 0.500. The molecule has 1 unspecified atom stereocenters. The third-order valence-corrected chi connectivity index (χ3v) is 2.19. The molecule has 5 heteroatoms. The van der Waals surface area contributed by atoms with Crippen molar-refractivity contribution in [3.63, 3.8) is 0 Å². The normalized spacial score (nSPS) is 13.0. The van der Waals surface area contributed by atoms with Gasteiger partial charge in [0.25, 0.3) is 0 Å². The van der Waals surface area contributed by atoms with Crippen LogP contribution >= 0.6 is 11.6 Å². The number of carbonyl (C=O) groups is 1. The van der Waals surface area contributed by atoms with Gasteiger partial charge in [-0.1, -0.05) is 11.6 Å². The molecule has 0 fully saturated rings. The molecule has 0 saturated heterocycles. The van der Waals surface area contributed by atoms with Gasteiger partial charge in [-0.25, -0.2) is 9.78 Å². The van der Waals surface area contributed by atoms with E-state index in [1.54, 1.807) is 18.3 Å². The lowest BCUT2D eigenvalue weighted by molar-refractivity contribution is 0.0508. The van der Waals surface area contributed by atoms with Crippen molar-refractivity contribution >= 4 is 17.7 Å². The van der Waals surface area contributed by atoms with Crippen molar-refractivity contribution in [2.45, 2.75) is 39.3 Å². The Kier molecular flexibility index (Phi) is 4.34. The molecular formula is C12H17ClN2O2. The minimum absolute atomic E-state index is 0.176. The Morgan fingerprint density at radius 2 is 2.18 bits per heavy atom. The molecule has 1 rings (SSSR count). The standard InChI is InChI=1S/C12H17ClN2O2/c1-8(9-5-6-14-10(13)7-9)15-11(16)17-12(2,3)4/h5-8H,1-4H3,(H,15,16). The minimum Gasteiger partial charge on any atom is -0.444 e. The minimum atomic E-state index is -0.500. The number of hydrogen-bond acceptors (Lipinski definition) is 3. The van der Waals surface area contributed by atoms with Crippen molar-refractivity contribution in [2.75, 3.05) is 0 Å². The summed E-state index contributed by atoms with van der Waals surface area (Å²) in [6.07, 6.45) is 1.16. The van der Waals surface area contributed by atoms with Crippen LogP contribution in [0, 0.1) is 0 Å². The van der Waals surface area contributed by atoms with Gasteiger partial charge in [-0.2, -0.15) is 0 Å². The first-order valence-electron chi connectivity index (χ1n) is 5.39. The molecule has 0 bridgehead atoms. The summed E-state index contributed by atoms with van der Waals surface area (Å²) in [6, 6.07) is 3.34. The van der Waals surface area contributed by atoms with Crippen molar-refractivity contribution in [1.29, 1.82) is 0 Å². The Morgan fingerprint density at radius 3 is 2.71 bits per heavy atom. The summed E-state index contributed by atoms with van der Waals surface area (Å²) in [5.74, 6) is 0. The number of carbonyl (C=O) groups excluding carboxylic acids is 1. The van der Waals surface area contributed by atoms with Crippen LogP contribution in [0.1, 0.15) is 39.3 Å². The molecule has 0 aliphatic carbocycles. The quantitative estimate of drug-likeness (QED) is 0.826. The van der Waals surface area contributed by atoms with Gasteiger partial charge in [-0.3, -0.25) is 0 Å². The van der Waals surface area contributed by atoms with E-state index in [4.69, 9.17) is 16.3 Å². The van der Waals surface area contributed by atoms with Gasteiger partial charge in [0.2, 0.25) is 0 Å². The second-order valence-corrected chi connectivity index (χ2v) is 5.17. The first kappa shape index (κ1) is 13.8. The molecule has 1 aromatic heterocycles. The molecule has 1 amide bonds. The molecule has 17 heavy (non-hydrogen) atoms. The molecule has 0 spiro atoms. The van der Waals surface area contributed by atoms with Gasteiger partial charge >= 0.3 is 6.09 Å². The summed E-state index contributed by atoms with van der Waals surface area (Å²) in [7, 11) is 0. The lowest BCUT2D eigenvalue weighted by atomic mass is 10.1. The Hall–Kier alpha value is -1.29. The molecule has 0 aliphatic heterocycles. The highest BCUT2D eigenvalue weighted by molar-refractivity contribution is 6.29. The molecule has 0 radical (unpaired) electrons. The number of nitrogens with one attached hydrogen (secondary N) is 1. The predicted octanol–water partition coefficient (Wildman–Crippen LogP) is 3.32. The van der Waals surface area contributed by atoms with Crippen LogP contribution in [-0.2, 0) is 4.74 Å². The fourth-order valence-corrected chi connectivity index (χ4v) is 1.44. The van der Waals surface area contributed by atoms with Crippen LogP contribution in [-0.4, -0.2) is 16.7 Å². The van der Waals surface area contributed by atoms with Crippen LogP contribution < -0.4 is 5.32 Å². The van der Waals surface area contributed by atoms with E-state index in [0.29, 0.717) is 5.15 Å². The van der Waals surface area contributed by atoms with Crippen LogP contribution in [0.3, 0.4) is 0 Å². The highest BCUT2D eigenvalue weighted by Gasteiger charge is 2.18. The number of rotatable bonds is 2. The van der Waals surface area contributed by atoms with Crippen molar-refractivity contribution in [2.24, 2.45) is 0 Å². The van der Waals surface area contributed by atoms with Crippen LogP contribution in [0.15, 0.2) is 18.3 Å². The van der Waals surface area contributed by atoms with Gasteiger partial charge in [-0.15, -0.1) is 0 Å². The van der Waals surface area contributed by atoms with Crippen molar-refractivity contribution in [3.05, 3.63) is 29.0 Å². The van der Waals surface area contributed by atoms with Gasteiger partial charge in [0.05, 0.1) is 6.04 Å². The number of halogens is 1. The van der Waals surface area contributed by atoms with E-state index in [1.165, 1.54) is 0 Å². The Bertz CT molecular complexity index is 402. The summed E-state index contributed by atoms with van der Waals surface area (Å²) in [5.41, 5.74) is 0.385. The highest BCUT2D eigenvalue weighted by Crippen LogP contribution is 2.16. The maximum Gasteiger partial charge on any atom is 0.408 e. The fourth-order valence-electron chi connectivity index (χ4n) is 1.25. The smallest absolute Gasteiger partial charge is 0.408 e. The van der Waals surface area contributed by atoms with E-state index >= 15 is 0 Å². The molecule has 1 heterocycles. The molecular weight excluding hydrogens is 240 g/mol. The summed E-state index contributed by atoms with van der Waals surface area (Å²) in [4.78, 5) is 15.4. The Morgan fingerprint density at radius 1 is 1.53 bits per heavy atom. The average molecular weight is 257 g/mol. The Balaban J connectivity index is 2.61. The van der Waals surface area contributed by atoms with E-state index < -0.39 is 11.7 Å². The Labute approximate surface area is 106 Å². The SMILES string of the molecule is CC(NC(=O)OC(C)(C)C)c1ccnc(Cl)c1. The van der Waals surface area contributed by atoms with Gasteiger partial charge < -0.3 is 10.1 Å². The highest BCUT2D eigenvalue weighted by atomic mass is 35.5. The number of amides is 1. The van der Waals surface area contributed by atoms with E-state index in [9.17, 15) is 4.79 Å². The van der Waals surface area contributed by atoms with Gasteiger partial charge in [0.1, 0.15) is 10.8 Å². The molecule has 0 aliphatic rings. The van der Waals surface area contributed by atoms with Crippen molar-refractivity contribution in [1.82, 2.24) is 10.3 Å². The molecule has 94 valence electrons. The summed E-state index contributed by atoms with van der Waals surface area (Å²) in [6.45, 7) is 7.32. The molecule has 1 atom stereocenters.